The normalized spacial score (nSPS) is 12.4. The molecule has 0 heterocycles. The highest BCUT2D eigenvalue weighted by Gasteiger charge is 2.19. The fraction of sp³-hybridized carbons (Fsp3) is 0.814. The van der Waals surface area contributed by atoms with E-state index in [0.29, 0.717) is 19.3 Å². The number of hydrogen-bond donors (Lipinski definition) is 0. The molecule has 378 valence electrons. The molecule has 0 fully saturated rings. The van der Waals surface area contributed by atoms with Crippen molar-refractivity contribution in [3.8, 4) is 0 Å². The second-order valence-electron chi connectivity index (χ2n) is 18.8. The maximum Gasteiger partial charge on any atom is 0.306 e. The van der Waals surface area contributed by atoms with Gasteiger partial charge >= 0.3 is 17.9 Å². The molecule has 0 aromatic rings. The molecule has 0 rings (SSSR count). The lowest BCUT2D eigenvalue weighted by Crippen LogP contribution is -2.30. The van der Waals surface area contributed by atoms with Crippen molar-refractivity contribution in [3.63, 3.8) is 0 Å². The lowest BCUT2D eigenvalue weighted by molar-refractivity contribution is -0.167. The highest BCUT2D eigenvalue weighted by molar-refractivity contribution is 5.71. The van der Waals surface area contributed by atoms with E-state index in [1.165, 1.54) is 167 Å². The van der Waals surface area contributed by atoms with E-state index in [1.807, 2.05) is 0 Å². The fourth-order valence-electron chi connectivity index (χ4n) is 8.14. The molecule has 0 aliphatic heterocycles. The molecule has 65 heavy (non-hydrogen) atoms. The van der Waals surface area contributed by atoms with E-state index in [-0.39, 0.29) is 31.1 Å². The lowest BCUT2D eigenvalue weighted by Gasteiger charge is -2.18. The third kappa shape index (κ3) is 52.2. The SMILES string of the molecule is CC/C=C\C/C=C\C/C=C\C/C=C\CCCCCCCCCCCCCCC(=O)OCC(COC(=O)CCCCCCCCC)OC(=O)CCCCCCCCCCCCCCCCC. The monoisotopic (exact) mass is 911 g/mol. The molecule has 0 spiro atoms. The van der Waals surface area contributed by atoms with Crippen molar-refractivity contribution in [2.24, 2.45) is 0 Å². The predicted octanol–water partition coefficient (Wildman–Crippen LogP) is 18.7. The summed E-state index contributed by atoms with van der Waals surface area (Å²) < 4.78 is 16.8. The maximum atomic E-state index is 12.8. The van der Waals surface area contributed by atoms with Gasteiger partial charge in [-0.1, -0.05) is 262 Å². The zero-order chi connectivity index (χ0) is 47.2. The lowest BCUT2D eigenvalue weighted by atomic mass is 10.0. The number of allylic oxidation sites excluding steroid dienone is 8. The molecule has 0 radical (unpaired) electrons. The van der Waals surface area contributed by atoms with E-state index < -0.39 is 6.10 Å². The summed E-state index contributed by atoms with van der Waals surface area (Å²) in [5, 5.41) is 0. The third-order valence-electron chi connectivity index (χ3n) is 12.3. The smallest absolute Gasteiger partial charge is 0.306 e. The summed E-state index contributed by atoms with van der Waals surface area (Å²) >= 11 is 0. The van der Waals surface area contributed by atoms with Gasteiger partial charge in [-0.15, -0.1) is 0 Å². The Morgan fingerprint density at radius 3 is 0.938 bits per heavy atom. The average molecular weight is 911 g/mol. The minimum atomic E-state index is -0.767. The van der Waals surface area contributed by atoms with Gasteiger partial charge in [-0.25, -0.2) is 0 Å². The first-order valence-corrected chi connectivity index (χ1v) is 28.1. The maximum absolute atomic E-state index is 12.8. The summed E-state index contributed by atoms with van der Waals surface area (Å²) in [6.45, 7) is 6.51. The average Bonchev–Trinajstić information content (AvgIpc) is 3.30. The molecular weight excluding hydrogens is 805 g/mol. The molecular formula is C59H106O6. The van der Waals surface area contributed by atoms with Crippen molar-refractivity contribution >= 4 is 17.9 Å². The molecule has 0 aliphatic rings. The minimum Gasteiger partial charge on any atom is -0.462 e. The summed E-state index contributed by atoms with van der Waals surface area (Å²) in [6.07, 6.45) is 65.5. The first-order valence-electron chi connectivity index (χ1n) is 28.1. The Hall–Kier alpha value is -2.63. The van der Waals surface area contributed by atoms with E-state index in [4.69, 9.17) is 14.2 Å². The van der Waals surface area contributed by atoms with Crippen LogP contribution in [-0.4, -0.2) is 37.2 Å². The Morgan fingerprint density at radius 2 is 0.600 bits per heavy atom. The van der Waals surface area contributed by atoms with Crippen LogP contribution in [-0.2, 0) is 28.6 Å². The van der Waals surface area contributed by atoms with E-state index in [2.05, 4.69) is 69.4 Å². The molecule has 0 aliphatic carbocycles. The molecule has 0 aromatic heterocycles. The van der Waals surface area contributed by atoms with Crippen molar-refractivity contribution in [1.29, 1.82) is 0 Å². The summed E-state index contributed by atoms with van der Waals surface area (Å²) in [7, 11) is 0. The number of rotatable bonds is 51. The zero-order valence-electron chi connectivity index (χ0n) is 43.3. The van der Waals surface area contributed by atoms with Crippen LogP contribution in [0.1, 0.15) is 290 Å². The number of ether oxygens (including phenoxy) is 3. The molecule has 0 saturated heterocycles. The number of carbonyl (C=O) groups is 3. The molecule has 0 amide bonds. The van der Waals surface area contributed by atoms with Gasteiger partial charge in [0.2, 0.25) is 0 Å². The van der Waals surface area contributed by atoms with Crippen LogP contribution in [0.5, 0.6) is 0 Å². The summed E-state index contributed by atoms with van der Waals surface area (Å²) in [5.74, 6) is -0.865. The highest BCUT2D eigenvalue weighted by atomic mass is 16.6. The number of esters is 3. The van der Waals surface area contributed by atoms with E-state index in [0.717, 1.165) is 83.5 Å². The topological polar surface area (TPSA) is 78.9 Å². The highest BCUT2D eigenvalue weighted by Crippen LogP contribution is 2.16. The van der Waals surface area contributed by atoms with E-state index in [1.54, 1.807) is 0 Å². The van der Waals surface area contributed by atoms with Gasteiger partial charge in [-0.05, 0) is 57.8 Å². The summed E-state index contributed by atoms with van der Waals surface area (Å²) in [5.41, 5.74) is 0. The van der Waals surface area contributed by atoms with Crippen molar-refractivity contribution in [2.75, 3.05) is 13.2 Å². The van der Waals surface area contributed by atoms with Crippen LogP contribution in [0.3, 0.4) is 0 Å². The fourth-order valence-corrected chi connectivity index (χ4v) is 8.14. The predicted molar refractivity (Wildman–Crippen MR) is 279 cm³/mol. The van der Waals surface area contributed by atoms with Crippen LogP contribution >= 0.6 is 0 Å². The van der Waals surface area contributed by atoms with Gasteiger partial charge < -0.3 is 14.2 Å². The van der Waals surface area contributed by atoms with E-state index >= 15 is 0 Å². The quantitative estimate of drug-likeness (QED) is 0.0262. The zero-order valence-corrected chi connectivity index (χ0v) is 43.3. The Balaban J connectivity index is 4.13. The van der Waals surface area contributed by atoms with Gasteiger partial charge in [0.15, 0.2) is 6.10 Å². The van der Waals surface area contributed by atoms with Crippen molar-refractivity contribution < 1.29 is 28.6 Å². The van der Waals surface area contributed by atoms with Gasteiger partial charge in [-0.3, -0.25) is 14.4 Å². The summed E-state index contributed by atoms with van der Waals surface area (Å²) in [6, 6.07) is 0. The first kappa shape index (κ1) is 62.4. The van der Waals surface area contributed by atoms with Gasteiger partial charge in [0.25, 0.3) is 0 Å². The van der Waals surface area contributed by atoms with Crippen molar-refractivity contribution in [3.05, 3.63) is 48.6 Å². The molecule has 0 aromatic carbocycles. The van der Waals surface area contributed by atoms with Crippen molar-refractivity contribution in [2.45, 2.75) is 297 Å². The van der Waals surface area contributed by atoms with Gasteiger partial charge in [0, 0.05) is 19.3 Å². The molecule has 0 N–H and O–H groups in total. The Kier molecular flexibility index (Phi) is 51.8. The summed E-state index contributed by atoms with van der Waals surface area (Å²) in [4.78, 5) is 37.9. The molecule has 1 unspecified atom stereocenters. The molecule has 1 atom stereocenters. The third-order valence-corrected chi connectivity index (χ3v) is 12.3. The molecule has 0 bridgehead atoms. The standard InChI is InChI=1S/C59H106O6/c1-4-7-10-13-16-18-20-22-24-25-26-27-28-29-30-31-32-33-35-36-38-40-43-46-49-52-58(61)64-55-56(54-63-57(60)51-48-45-42-15-12-9-6-3)65-59(62)53-50-47-44-41-39-37-34-23-21-19-17-14-11-8-5-2/h7,10,16,18,22,24,26-27,56H,4-6,8-9,11-15,17,19-21,23,25,28-55H2,1-3H3/b10-7-,18-16-,24-22-,27-26-. The van der Waals surface area contributed by atoms with Crippen molar-refractivity contribution in [1.82, 2.24) is 0 Å². The first-order chi connectivity index (χ1) is 32.0. The second kappa shape index (κ2) is 54.0. The van der Waals surface area contributed by atoms with E-state index in [9.17, 15) is 14.4 Å². The van der Waals surface area contributed by atoms with Crippen LogP contribution in [0.25, 0.3) is 0 Å². The minimum absolute atomic E-state index is 0.0696. The number of carbonyl (C=O) groups excluding carboxylic acids is 3. The van der Waals surface area contributed by atoms with Crippen LogP contribution in [0.15, 0.2) is 48.6 Å². The number of hydrogen-bond acceptors (Lipinski definition) is 6. The van der Waals surface area contributed by atoms with Gasteiger partial charge in [-0.2, -0.15) is 0 Å². The van der Waals surface area contributed by atoms with Crippen LogP contribution in [0.4, 0.5) is 0 Å². The van der Waals surface area contributed by atoms with Crippen LogP contribution in [0.2, 0.25) is 0 Å². The van der Waals surface area contributed by atoms with Gasteiger partial charge in [0.05, 0.1) is 0 Å². The Morgan fingerprint density at radius 1 is 0.323 bits per heavy atom. The molecule has 0 saturated carbocycles. The Bertz CT molecular complexity index is 1140. The molecule has 6 nitrogen and oxygen atoms in total. The van der Waals surface area contributed by atoms with Crippen LogP contribution in [0, 0.1) is 0 Å². The van der Waals surface area contributed by atoms with Crippen LogP contribution < -0.4 is 0 Å². The number of unbranched alkanes of at least 4 members (excludes halogenated alkanes) is 32. The second-order valence-corrected chi connectivity index (χ2v) is 18.8. The van der Waals surface area contributed by atoms with Gasteiger partial charge in [0.1, 0.15) is 13.2 Å². The molecule has 6 heteroatoms. The Labute approximate surface area is 403 Å². The largest absolute Gasteiger partial charge is 0.462 e.